The molecule has 0 aromatic heterocycles. The minimum absolute atomic E-state index is 0.0369. The normalized spacial score (nSPS) is 18.2. The van der Waals surface area contributed by atoms with E-state index in [1.54, 1.807) is 35.6 Å². The lowest BCUT2D eigenvalue weighted by atomic mass is 9.79. The van der Waals surface area contributed by atoms with Crippen LogP contribution in [0, 0.1) is 21.8 Å². The summed E-state index contributed by atoms with van der Waals surface area (Å²) >= 11 is 0. The molecule has 168 valence electrons. The summed E-state index contributed by atoms with van der Waals surface area (Å²) in [5, 5.41) is 19.4. The second kappa shape index (κ2) is 7.93. The summed E-state index contributed by atoms with van der Waals surface area (Å²) in [4.78, 5) is 28.8. The first-order valence-electron chi connectivity index (χ1n) is 11.3. The highest BCUT2D eigenvalue weighted by atomic mass is 16.1. The number of hydrogen-bond acceptors (Lipinski definition) is 6. The Balaban J connectivity index is 1.75. The maximum Gasteiger partial charge on any atom is 0.187 e. The summed E-state index contributed by atoms with van der Waals surface area (Å²) in [5.41, 5.74) is 2.96. The summed E-state index contributed by atoms with van der Waals surface area (Å²) in [6.45, 7) is 0. The topological polar surface area (TPSA) is 76.8 Å². The van der Waals surface area contributed by atoms with E-state index in [1.807, 2.05) is 66.7 Å². The Hall–Kier alpha value is -4.76. The Labute approximate surface area is 201 Å². The predicted octanol–water partition coefficient (Wildman–Crippen LogP) is 2.52. The van der Waals surface area contributed by atoms with Gasteiger partial charge in [-0.1, -0.05) is 66.7 Å². The molecule has 0 fully saturated rings. The highest BCUT2D eigenvalue weighted by molar-refractivity contribution is 6.19. The number of Topliss-reactive ketones (excluding diaryl/α,β-unsaturated/α-hetero) is 2. The van der Waals surface area contributed by atoms with Gasteiger partial charge in [0.2, 0.25) is 0 Å². The van der Waals surface area contributed by atoms with Crippen LogP contribution in [0.3, 0.4) is 0 Å². The average molecular weight is 457 g/mol. The summed E-state index contributed by atoms with van der Waals surface area (Å²) in [5.74, 6) is -0.766. The van der Waals surface area contributed by atoms with Crippen molar-refractivity contribution in [3.05, 3.63) is 116 Å². The third-order valence-electron chi connectivity index (χ3n) is 6.70. The number of hydrogen-bond donors (Lipinski definition) is 0. The zero-order valence-electron chi connectivity index (χ0n) is 19.0. The number of ketones is 2. The second-order valence-electron chi connectivity index (χ2n) is 8.82. The Kier molecular flexibility index (Phi) is 4.71. The summed E-state index contributed by atoms with van der Waals surface area (Å²) in [6.07, 6.45) is 5.04. The Morgan fingerprint density at radius 1 is 0.943 bits per heavy atom. The van der Waals surface area contributed by atoms with Crippen LogP contribution in [0.4, 0.5) is 0 Å². The summed E-state index contributed by atoms with van der Waals surface area (Å²) < 4.78 is 0. The predicted molar refractivity (Wildman–Crippen MR) is 132 cm³/mol. The van der Waals surface area contributed by atoms with E-state index in [0.29, 0.717) is 22.5 Å². The Morgan fingerprint density at radius 2 is 1.69 bits per heavy atom. The molecule has 1 atom stereocenters. The van der Waals surface area contributed by atoms with Gasteiger partial charge in [0.15, 0.2) is 17.3 Å². The van der Waals surface area contributed by atoms with E-state index in [9.17, 15) is 14.9 Å². The summed E-state index contributed by atoms with van der Waals surface area (Å²) in [6, 6.07) is 23.4. The van der Waals surface area contributed by atoms with E-state index < -0.39 is 5.92 Å². The van der Waals surface area contributed by atoms with E-state index in [-0.39, 0.29) is 18.0 Å². The minimum atomic E-state index is -0.617. The highest BCUT2D eigenvalue weighted by Gasteiger charge is 2.37. The Bertz CT molecular complexity index is 1750. The van der Waals surface area contributed by atoms with Crippen molar-refractivity contribution >= 4 is 29.7 Å². The van der Waals surface area contributed by atoms with Crippen LogP contribution in [0.5, 0.6) is 0 Å². The molecule has 6 rings (SSSR count). The van der Waals surface area contributed by atoms with Crippen molar-refractivity contribution < 1.29 is 9.59 Å². The van der Waals surface area contributed by atoms with Gasteiger partial charge in [0.25, 0.3) is 0 Å². The fraction of sp³-hybridized carbons (Fsp3) is 0.103. The van der Waals surface area contributed by atoms with E-state index >= 15 is 0 Å². The van der Waals surface area contributed by atoms with Gasteiger partial charge in [-0.25, -0.2) is 5.01 Å². The highest BCUT2D eigenvalue weighted by Crippen LogP contribution is 2.36. The Morgan fingerprint density at radius 3 is 2.49 bits per heavy atom. The molecule has 1 unspecified atom stereocenters. The molecule has 3 aliphatic rings. The van der Waals surface area contributed by atoms with Crippen molar-refractivity contribution in [1.29, 1.82) is 5.26 Å². The number of nitrogens with zero attached hydrogens (tertiary/aromatic N) is 4. The van der Waals surface area contributed by atoms with E-state index in [0.717, 1.165) is 26.4 Å². The molecule has 0 saturated heterocycles. The molecule has 35 heavy (non-hydrogen) atoms. The first kappa shape index (κ1) is 20.8. The van der Waals surface area contributed by atoms with Gasteiger partial charge in [-0.3, -0.25) is 9.59 Å². The molecule has 0 radical (unpaired) electrons. The van der Waals surface area contributed by atoms with Crippen LogP contribution < -0.4 is 10.4 Å². The molecule has 1 heterocycles. The van der Waals surface area contributed by atoms with Crippen LogP contribution in [0.2, 0.25) is 0 Å². The number of benzene rings is 3. The third-order valence-corrected chi connectivity index (χ3v) is 6.70. The molecule has 0 bridgehead atoms. The van der Waals surface area contributed by atoms with Gasteiger partial charge in [-0.15, -0.1) is 0 Å². The lowest BCUT2D eigenvalue weighted by molar-refractivity contribution is -0.119. The van der Waals surface area contributed by atoms with Crippen LogP contribution in [0.15, 0.2) is 83.7 Å². The van der Waals surface area contributed by atoms with Crippen molar-refractivity contribution in [2.45, 2.75) is 12.3 Å². The van der Waals surface area contributed by atoms with Crippen molar-refractivity contribution in [3.63, 3.8) is 0 Å². The first-order chi connectivity index (χ1) is 17.1. The lowest BCUT2D eigenvalue weighted by Gasteiger charge is -2.33. The molecule has 0 saturated carbocycles. The molecule has 6 nitrogen and oxygen atoms in total. The standard InChI is InChI=1S/C29H20N4O2/c1-32-16-20(15-30)33(31-17-32)29-23-12-11-22-21-10-6-5-9-19(21)13-25(34)28(22)24(23)14-26(35)27(29)18-7-3-2-4-8-18/h2-13,16-17,27H,14H2,1H3. The zero-order valence-corrected chi connectivity index (χ0v) is 19.0. The van der Waals surface area contributed by atoms with Crippen molar-refractivity contribution in [1.82, 2.24) is 9.91 Å². The maximum atomic E-state index is 13.8. The number of nitriles is 1. The van der Waals surface area contributed by atoms with Gasteiger partial charge >= 0.3 is 0 Å². The van der Waals surface area contributed by atoms with Gasteiger partial charge in [0.05, 0.1) is 11.6 Å². The number of hydrazone groups is 1. The minimum Gasteiger partial charge on any atom is -0.338 e. The zero-order chi connectivity index (χ0) is 24.1. The smallest absolute Gasteiger partial charge is 0.187 e. The molecule has 0 amide bonds. The van der Waals surface area contributed by atoms with Crippen LogP contribution in [0.1, 0.15) is 27.4 Å². The van der Waals surface area contributed by atoms with Gasteiger partial charge in [-0.05, 0) is 32.9 Å². The van der Waals surface area contributed by atoms with Gasteiger partial charge in [0.1, 0.15) is 12.4 Å². The second-order valence-corrected chi connectivity index (χ2v) is 8.82. The molecular formula is C29H20N4O2. The maximum absolute atomic E-state index is 13.8. The summed E-state index contributed by atoms with van der Waals surface area (Å²) in [7, 11) is 1.79. The number of allylic oxidation sites excluding steroid dienone is 1. The molecule has 3 aromatic rings. The van der Waals surface area contributed by atoms with E-state index in [4.69, 9.17) is 0 Å². The quantitative estimate of drug-likeness (QED) is 0.592. The molecule has 1 aliphatic heterocycles. The van der Waals surface area contributed by atoms with Crippen LogP contribution >= 0.6 is 0 Å². The third kappa shape index (κ3) is 3.21. The van der Waals surface area contributed by atoms with Crippen LogP contribution in [0.25, 0.3) is 11.8 Å². The first-order valence-corrected chi connectivity index (χ1v) is 11.3. The monoisotopic (exact) mass is 456 g/mol. The van der Waals surface area contributed by atoms with Gasteiger partial charge in [0, 0.05) is 30.5 Å². The SMILES string of the molecule is CN1C=NN(C2=c3ccc4c(c3CC(=O)C2c2ccccc2)C(=O)C=c2ccccc2=4)C(C#N)=C1. The molecule has 3 aromatic carbocycles. The van der Waals surface area contributed by atoms with E-state index in [1.165, 1.54) is 0 Å². The number of fused-ring (bicyclic) bond motifs is 4. The number of carbonyl (C=O) groups excluding carboxylic acids is 2. The molecular weight excluding hydrogens is 436 g/mol. The largest absolute Gasteiger partial charge is 0.338 e. The number of rotatable bonds is 2. The fourth-order valence-corrected chi connectivity index (χ4v) is 5.21. The lowest BCUT2D eigenvalue weighted by Crippen LogP contribution is -2.40. The van der Waals surface area contributed by atoms with Crippen molar-refractivity contribution in [2.24, 2.45) is 5.10 Å². The van der Waals surface area contributed by atoms with Crippen molar-refractivity contribution in [3.8, 4) is 6.07 Å². The molecule has 0 N–H and O–H groups in total. The van der Waals surface area contributed by atoms with Crippen molar-refractivity contribution in [2.75, 3.05) is 7.05 Å². The molecule has 6 heteroatoms. The molecule has 0 spiro atoms. The van der Waals surface area contributed by atoms with E-state index in [2.05, 4.69) is 11.2 Å². The van der Waals surface area contributed by atoms with Crippen LogP contribution in [-0.2, 0) is 11.2 Å². The van der Waals surface area contributed by atoms with Gasteiger partial charge < -0.3 is 4.90 Å². The van der Waals surface area contributed by atoms with Gasteiger partial charge in [-0.2, -0.15) is 10.4 Å². The average Bonchev–Trinajstić information content (AvgIpc) is 2.88. The molecule has 2 aliphatic carbocycles. The number of carbonyl (C=O) groups is 2. The van der Waals surface area contributed by atoms with Crippen LogP contribution in [-0.4, -0.2) is 34.9 Å². The fourth-order valence-electron chi connectivity index (χ4n) is 5.21.